The summed E-state index contributed by atoms with van der Waals surface area (Å²) in [6.45, 7) is 1.83. The summed E-state index contributed by atoms with van der Waals surface area (Å²) >= 11 is 0. The Balaban J connectivity index is 2.17. The highest BCUT2D eigenvalue weighted by Crippen LogP contribution is 2.17. The maximum absolute atomic E-state index is 12.2. The molecule has 1 aromatic carbocycles. The molecule has 108 valence electrons. The first-order valence-corrected chi connectivity index (χ1v) is 6.56. The molecule has 1 unspecified atom stereocenters. The average molecular weight is 284 g/mol. The first kappa shape index (κ1) is 14.7. The van der Waals surface area contributed by atoms with E-state index < -0.39 is 12.0 Å². The molecule has 2 aromatic rings. The zero-order valence-corrected chi connectivity index (χ0v) is 11.6. The van der Waals surface area contributed by atoms with Crippen molar-refractivity contribution in [3.63, 3.8) is 0 Å². The van der Waals surface area contributed by atoms with E-state index in [0.29, 0.717) is 5.56 Å². The molecule has 5 nitrogen and oxygen atoms in total. The van der Waals surface area contributed by atoms with Gasteiger partial charge < -0.3 is 10.4 Å². The second-order valence-corrected chi connectivity index (χ2v) is 4.72. The van der Waals surface area contributed by atoms with Crippen molar-refractivity contribution >= 4 is 11.9 Å². The van der Waals surface area contributed by atoms with Crippen LogP contribution >= 0.6 is 0 Å². The van der Waals surface area contributed by atoms with E-state index in [0.717, 1.165) is 11.3 Å². The monoisotopic (exact) mass is 284 g/mol. The van der Waals surface area contributed by atoms with E-state index in [9.17, 15) is 9.59 Å². The molecule has 1 aromatic heterocycles. The van der Waals surface area contributed by atoms with E-state index in [-0.39, 0.29) is 12.3 Å². The second kappa shape index (κ2) is 6.65. The molecular formula is C16H16N2O3. The van der Waals surface area contributed by atoms with Gasteiger partial charge in [-0.2, -0.15) is 0 Å². The minimum atomic E-state index is -0.966. The van der Waals surface area contributed by atoms with E-state index in [2.05, 4.69) is 10.3 Å². The Morgan fingerprint density at radius 1 is 1.19 bits per heavy atom. The fraction of sp³-hybridized carbons (Fsp3) is 0.188. The van der Waals surface area contributed by atoms with Crippen LogP contribution in [0.15, 0.2) is 48.7 Å². The number of carbonyl (C=O) groups excluding carboxylic acids is 1. The number of rotatable bonds is 5. The maximum atomic E-state index is 12.2. The third-order valence-electron chi connectivity index (χ3n) is 3.06. The summed E-state index contributed by atoms with van der Waals surface area (Å²) in [4.78, 5) is 27.2. The molecule has 0 fully saturated rings. The zero-order chi connectivity index (χ0) is 15.2. The van der Waals surface area contributed by atoms with Gasteiger partial charge in [-0.3, -0.25) is 14.6 Å². The smallest absolute Gasteiger partial charge is 0.305 e. The van der Waals surface area contributed by atoms with Crippen molar-refractivity contribution in [3.8, 4) is 0 Å². The predicted octanol–water partition coefficient (Wildman–Crippen LogP) is 2.34. The molecule has 5 heteroatoms. The van der Waals surface area contributed by atoms with Crippen molar-refractivity contribution in [2.75, 3.05) is 0 Å². The predicted molar refractivity (Wildman–Crippen MR) is 77.9 cm³/mol. The van der Waals surface area contributed by atoms with Gasteiger partial charge in [0, 0.05) is 11.9 Å². The van der Waals surface area contributed by atoms with Gasteiger partial charge in [0.25, 0.3) is 5.91 Å². The Kier molecular flexibility index (Phi) is 4.66. The molecule has 0 aliphatic heterocycles. The van der Waals surface area contributed by atoms with Crippen molar-refractivity contribution in [1.29, 1.82) is 0 Å². The summed E-state index contributed by atoms with van der Waals surface area (Å²) in [5, 5.41) is 11.7. The molecule has 0 saturated heterocycles. The molecule has 2 N–H and O–H groups in total. The van der Waals surface area contributed by atoms with Gasteiger partial charge in [-0.15, -0.1) is 0 Å². The number of benzene rings is 1. The van der Waals surface area contributed by atoms with Crippen molar-refractivity contribution in [1.82, 2.24) is 10.3 Å². The van der Waals surface area contributed by atoms with Gasteiger partial charge in [-0.1, -0.05) is 30.3 Å². The topological polar surface area (TPSA) is 79.3 Å². The van der Waals surface area contributed by atoms with Gasteiger partial charge >= 0.3 is 5.97 Å². The highest BCUT2D eigenvalue weighted by molar-refractivity contribution is 5.94. The van der Waals surface area contributed by atoms with E-state index in [4.69, 9.17) is 5.11 Å². The lowest BCUT2D eigenvalue weighted by Crippen LogP contribution is -2.30. The fourth-order valence-corrected chi connectivity index (χ4v) is 1.96. The number of hydrogen-bond acceptors (Lipinski definition) is 3. The van der Waals surface area contributed by atoms with Gasteiger partial charge in [0.15, 0.2) is 0 Å². The highest BCUT2D eigenvalue weighted by atomic mass is 16.4. The number of carbonyl (C=O) groups is 2. The summed E-state index contributed by atoms with van der Waals surface area (Å²) < 4.78 is 0. The van der Waals surface area contributed by atoms with Crippen molar-refractivity contribution in [2.24, 2.45) is 0 Å². The number of aliphatic carboxylic acids is 1. The zero-order valence-electron chi connectivity index (χ0n) is 11.6. The third-order valence-corrected chi connectivity index (χ3v) is 3.06. The van der Waals surface area contributed by atoms with Crippen LogP contribution in [0.3, 0.4) is 0 Å². The third kappa shape index (κ3) is 4.14. The molecule has 0 aliphatic carbocycles. The number of pyridine rings is 1. The van der Waals surface area contributed by atoms with E-state index in [1.165, 1.54) is 6.20 Å². The Morgan fingerprint density at radius 3 is 2.48 bits per heavy atom. The largest absolute Gasteiger partial charge is 0.481 e. The van der Waals surface area contributed by atoms with Crippen LogP contribution in [0.2, 0.25) is 0 Å². The molecule has 0 spiro atoms. The van der Waals surface area contributed by atoms with Crippen molar-refractivity contribution in [2.45, 2.75) is 19.4 Å². The summed E-state index contributed by atoms with van der Waals surface area (Å²) in [6, 6.07) is 11.9. The normalized spacial score (nSPS) is 11.7. The number of hydrogen-bond donors (Lipinski definition) is 2. The second-order valence-electron chi connectivity index (χ2n) is 4.72. The summed E-state index contributed by atoms with van der Waals surface area (Å²) in [7, 11) is 0. The van der Waals surface area contributed by atoms with Gasteiger partial charge in [0.1, 0.15) is 0 Å². The van der Waals surface area contributed by atoms with E-state index in [1.807, 2.05) is 25.1 Å². The number of aromatic nitrogens is 1. The van der Waals surface area contributed by atoms with Gasteiger partial charge in [0.05, 0.1) is 18.0 Å². The average Bonchev–Trinajstić information content (AvgIpc) is 2.47. The SMILES string of the molecule is Cc1ccc(C(=O)NC(CC(=O)O)c2ccccc2)cn1. The number of aryl methyl sites for hydroxylation is 1. The Hall–Kier alpha value is -2.69. The molecule has 1 amide bonds. The van der Waals surface area contributed by atoms with Crippen LogP contribution < -0.4 is 5.32 Å². The van der Waals surface area contributed by atoms with Crippen LogP contribution in [-0.4, -0.2) is 22.0 Å². The Labute approximate surface area is 122 Å². The van der Waals surface area contributed by atoms with Crippen LogP contribution in [-0.2, 0) is 4.79 Å². The molecule has 0 aliphatic rings. The van der Waals surface area contributed by atoms with Crippen LogP contribution in [0.25, 0.3) is 0 Å². The number of nitrogens with zero attached hydrogens (tertiary/aromatic N) is 1. The lowest BCUT2D eigenvalue weighted by molar-refractivity contribution is -0.137. The molecule has 2 rings (SSSR count). The van der Waals surface area contributed by atoms with Crippen LogP contribution in [0.1, 0.15) is 34.1 Å². The highest BCUT2D eigenvalue weighted by Gasteiger charge is 2.18. The summed E-state index contributed by atoms with van der Waals surface area (Å²) in [6.07, 6.45) is 1.31. The molecular weight excluding hydrogens is 268 g/mol. The van der Waals surface area contributed by atoms with Gasteiger partial charge in [-0.25, -0.2) is 0 Å². The minimum Gasteiger partial charge on any atom is -0.481 e. The van der Waals surface area contributed by atoms with Crippen LogP contribution in [0, 0.1) is 6.92 Å². The van der Waals surface area contributed by atoms with Gasteiger partial charge in [0.2, 0.25) is 0 Å². The van der Waals surface area contributed by atoms with Crippen LogP contribution in [0.4, 0.5) is 0 Å². The fourth-order valence-electron chi connectivity index (χ4n) is 1.96. The molecule has 0 saturated carbocycles. The molecule has 1 atom stereocenters. The maximum Gasteiger partial charge on any atom is 0.305 e. The summed E-state index contributed by atoms with van der Waals surface area (Å²) in [5.41, 5.74) is 1.98. The van der Waals surface area contributed by atoms with E-state index in [1.54, 1.807) is 24.3 Å². The molecule has 1 heterocycles. The first-order valence-electron chi connectivity index (χ1n) is 6.56. The first-order chi connectivity index (χ1) is 10.1. The Morgan fingerprint density at radius 2 is 1.90 bits per heavy atom. The lowest BCUT2D eigenvalue weighted by atomic mass is 10.0. The minimum absolute atomic E-state index is 0.172. The lowest BCUT2D eigenvalue weighted by Gasteiger charge is -2.17. The van der Waals surface area contributed by atoms with Crippen molar-refractivity contribution < 1.29 is 14.7 Å². The molecule has 0 radical (unpaired) electrons. The van der Waals surface area contributed by atoms with Crippen molar-refractivity contribution in [3.05, 3.63) is 65.5 Å². The Bertz CT molecular complexity index is 624. The number of carboxylic acid groups (broad SMARTS) is 1. The van der Waals surface area contributed by atoms with E-state index >= 15 is 0 Å². The summed E-state index contributed by atoms with van der Waals surface area (Å²) in [5.74, 6) is -1.30. The number of carboxylic acids is 1. The van der Waals surface area contributed by atoms with Gasteiger partial charge in [-0.05, 0) is 24.6 Å². The number of amides is 1. The standard InChI is InChI=1S/C16H16N2O3/c1-11-7-8-13(10-17-11)16(21)18-14(9-15(19)20)12-5-3-2-4-6-12/h2-8,10,14H,9H2,1H3,(H,18,21)(H,19,20). The quantitative estimate of drug-likeness (QED) is 0.883. The molecule has 0 bridgehead atoms. The number of nitrogens with one attached hydrogen (secondary N) is 1. The van der Waals surface area contributed by atoms with Crippen LogP contribution in [0.5, 0.6) is 0 Å². The molecule has 21 heavy (non-hydrogen) atoms.